The maximum absolute atomic E-state index is 9.85. The summed E-state index contributed by atoms with van der Waals surface area (Å²) in [5, 5.41) is 10.6. The molecule has 0 saturated carbocycles. The van der Waals surface area contributed by atoms with Gasteiger partial charge in [-0.1, -0.05) is 29.8 Å². The summed E-state index contributed by atoms with van der Waals surface area (Å²) in [5.41, 5.74) is 1.88. The van der Waals surface area contributed by atoms with Crippen LogP contribution in [0.25, 0.3) is 0 Å². The van der Waals surface area contributed by atoms with Gasteiger partial charge in [0.1, 0.15) is 0 Å². The Bertz CT molecular complexity index is 320. The summed E-state index contributed by atoms with van der Waals surface area (Å²) in [4.78, 5) is 0. The molecule has 1 N–H and O–H groups in total. The number of hydrogen-bond donors (Lipinski definition) is 1. The Morgan fingerprint density at radius 1 is 1.57 bits per heavy atom. The molecule has 14 heavy (non-hydrogen) atoms. The molecule has 0 aliphatic carbocycles. The van der Waals surface area contributed by atoms with Gasteiger partial charge in [-0.25, -0.2) is 0 Å². The van der Waals surface area contributed by atoms with Crippen molar-refractivity contribution in [3.8, 4) is 0 Å². The second-order valence-corrected chi connectivity index (χ2v) is 3.74. The van der Waals surface area contributed by atoms with Crippen molar-refractivity contribution in [1.29, 1.82) is 0 Å². The number of allylic oxidation sites excluding steroid dienone is 1. The van der Waals surface area contributed by atoms with E-state index in [1.165, 1.54) is 0 Å². The first-order valence-electron chi connectivity index (χ1n) is 4.70. The summed E-state index contributed by atoms with van der Waals surface area (Å²) in [7, 11) is 0. The van der Waals surface area contributed by atoms with Crippen LogP contribution in [0.5, 0.6) is 0 Å². The van der Waals surface area contributed by atoms with Crippen molar-refractivity contribution in [3.63, 3.8) is 0 Å². The highest BCUT2D eigenvalue weighted by Gasteiger charge is 2.10. The Morgan fingerprint density at radius 3 is 2.93 bits per heavy atom. The van der Waals surface area contributed by atoms with E-state index in [0.29, 0.717) is 11.4 Å². The van der Waals surface area contributed by atoms with E-state index in [9.17, 15) is 5.11 Å². The molecule has 1 rings (SSSR count). The van der Waals surface area contributed by atoms with Crippen molar-refractivity contribution < 1.29 is 5.11 Å². The molecule has 0 fully saturated rings. The second kappa shape index (κ2) is 5.18. The standard InChI is InChI=1S/C12H15ClO/c1-3-4-8-12(14)10-6-5-7-11(13)9(10)2/h3,5-7,12,14H,1,4,8H2,2H3. The van der Waals surface area contributed by atoms with Gasteiger partial charge in [0.2, 0.25) is 0 Å². The first-order valence-corrected chi connectivity index (χ1v) is 5.08. The lowest BCUT2D eigenvalue weighted by Crippen LogP contribution is -1.99. The third-order valence-corrected chi connectivity index (χ3v) is 2.72. The fraction of sp³-hybridized carbons (Fsp3) is 0.333. The van der Waals surface area contributed by atoms with Crippen LogP contribution in [0.1, 0.15) is 30.1 Å². The van der Waals surface area contributed by atoms with Crippen LogP contribution in [0.15, 0.2) is 30.9 Å². The number of aliphatic hydroxyl groups is 1. The lowest BCUT2D eigenvalue weighted by Gasteiger charge is -2.13. The van der Waals surface area contributed by atoms with E-state index in [2.05, 4.69) is 6.58 Å². The van der Waals surface area contributed by atoms with Gasteiger partial charge < -0.3 is 5.11 Å². The number of rotatable bonds is 4. The van der Waals surface area contributed by atoms with Crippen LogP contribution in [-0.4, -0.2) is 5.11 Å². The minimum atomic E-state index is -0.438. The second-order valence-electron chi connectivity index (χ2n) is 3.34. The predicted octanol–water partition coefficient (Wildman–Crippen LogP) is 3.65. The molecule has 76 valence electrons. The first-order chi connectivity index (χ1) is 6.66. The molecule has 1 unspecified atom stereocenters. The Labute approximate surface area is 90.0 Å². The Balaban J connectivity index is 2.83. The molecule has 0 radical (unpaired) electrons. The lowest BCUT2D eigenvalue weighted by atomic mass is 10.00. The smallest absolute Gasteiger partial charge is 0.0796 e. The zero-order valence-electron chi connectivity index (χ0n) is 8.33. The SMILES string of the molecule is C=CCCC(O)c1cccc(Cl)c1C. The third-order valence-electron chi connectivity index (χ3n) is 2.31. The molecule has 1 aromatic rings. The average molecular weight is 211 g/mol. The number of benzene rings is 1. The molecule has 2 heteroatoms. The highest BCUT2D eigenvalue weighted by Crippen LogP contribution is 2.26. The van der Waals surface area contributed by atoms with E-state index in [1.807, 2.05) is 31.2 Å². The van der Waals surface area contributed by atoms with Crippen LogP contribution in [0.4, 0.5) is 0 Å². The van der Waals surface area contributed by atoms with Gasteiger partial charge >= 0.3 is 0 Å². The van der Waals surface area contributed by atoms with Crippen LogP contribution in [0.3, 0.4) is 0 Å². The fourth-order valence-electron chi connectivity index (χ4n) is 1.42. The summed E-state index contributed by atoms with van der Waals surface area (Å²) in [6.07, 6.45) is 2.88. The molecule has 0 spiro atoms. The van der Waals surface area contributed by atoms with Crippen LogP contribution >= 0.6 is 11.6 Å². The molecule has 0 amide bonds. The monoisotopic (exact) mass is 210 g/mol. The zero-order valence-corrected chi connectivity index (χ0v) is 9.09. The molecule has 0 aliphatic rings. The topological polar surface area (TPSA) is 20.2 Å². The third kappa shape index (κ3) is 2.60. The summed E-state index contributed by atoms with van der Waals surface area (Å²) in [6, 6.07) is 5.61. The van der Waals surface area contributed by atoms with E-state index in [1.54, 1.807) is 0 Å². The molecule has 0 saturated heterocycles. The molecule has 1 aromatic carbocycles. The number of halogens is 1. The van der Waals surface area contributed by atoms with Gasteiger partial charge in [-0.15, -0.1) is 6.58 Å². The maximum atomic E-state index is 9.85. The summed E-state index contributed by atoms with van der Waals surface area (Å²) in [6.45, 7) is 5.55. The minimum absolute atomic E-state index is 0.438. The highest BCUT2D eigenvalue weighted by molar-refractivity contribution is 6.31. The van der Waals surface area contributed by atoms with Crippen molar-refractivity contribution in [2.45, 2.75) is 25.9 Å². The van der Waals surface area contributed by atoms with Gasteiger partial charge in [-0.3, -0.25) is 0 Å². The fourth-order valence-corrected chi connectivity index (χ4v) is 1.60. The summed E-state index contributed by atoms with van der Waals surface area (Å²) >= 11 is 5.96. The van der Waals surface area contributed by atoms with E-state index >= 15 is 0 Å². The van der Waals surface area contributed by atoms with E-state index < -0.39 is 6.10 Å². The molecule has 0 aromatic heterocycles. The molecule has 0 heterocycles. The lowest BCUT2D eigenvalue weighted by molar-refractivity contribution is 0.168. The van der Waals surface area contributed by atoms with Gasteiger partial charge in [0.05, 0.1) is 6.10 Å². The van der Waals surface area contributed by atoms with Crippen molar-refractivity contribution >= 4 is 11.6 Å². The molecule has 1 atom stereocenters. The normalized spacial score (nSPS) is 12.5. The average Bonchev–Trinajstić information content (AvgIpc) is 2.18. The Hall–Kier alpha value is -0.790. The highest BCUT2D eigenvalue weighted by atomic mass is 35.5. The van der Waals surface area contributed by atoms with Gasteiger partial charge in [0.25, 0.3) is 0 Å². The van der Waals surface area contributed by atoms with E-state index in [0.717, 1.165) is 17.5 Å². The van der Waals surface area contributed by atoms with Crippen LogP contribution in [-0.2, 0) is 0 Å². The minimum Gasteiger partial charge on any atom is -0.388 e. The number of hydrogen-bond acceptors (Lipinski definition) is 1. The summed E-state index contributed by atoms with van der Waals surface area (Å²) in [5.74, 6) is 0. The van der Waals surface area contributed by atoms with Gasteiger partial charge in [-0.2, -0.15) is 0 Å². The summed E-state index contributed by atoms with van der Waals surface area (Å²) < 4.78 is 0. The molecule has 0 aliphatic heterocycles. The van der Waals surface area contributed by atoms with E-state index in [4.69, 9.17) is 11.6 Å². The van der Waals surface area contributed by atoms with Crippen LogP contribution < -0.4 is 0 Å². The van der Waals surface area contributed by atoms with Crippen molar-refractivity contribution in [2.75, 3.05) is 0 Å². The largest absolute Gasteiger partial charge is 0.388 e. The van der Waals surface area contributed by atoms with Gasteiger partial charge in [0, 0.05) is 5.02 Å². The zero-order chi connectivity index (χ0) is 10.6. The van der Waals surface area contributed by atoms with E-state index in [-0.39, 0.29) is 0 Å². The van der Waals surface area contributed by atoms with Crippen molar-refractivity contribution in [1.82, 2.24) is 0 Å². The molecular formula is C12H15ClO. The quantitative estimate of drug-likeness (QED) is 0.753. The van der Waals surface area contributed by atoms with Gasteiger partial charge in [-0.05, 0) is 37.0 Å². The van der Waals surface area contributed by atoms with Crippen molar-refractivity contribution in [2.24, 2.45) is 0 Å². The van der Waals surface area contributed by atoms with Crippen LogP contribution in [0.2, 0.25) is 5.02 Å². The molecular weight excluding hydrogens is 196 g/mol. The van der Waals surface area contributed by atoms with Gasteiger partial charge in [0.15, 0.2) is 0 Å². The Morgan fingerprint density at radius 2 is 2.29 bits per heavy atom. The molecule has 0 bridgehead atoms. The first kappa shape index (κ1) is 11.3. The van der Waals surface area contributed by atoms with Crippen molar-refractivity contribution in [3.05, 3.63) is 47.0 Å². The Kier molecular flexibility index (Phi) is 4.18. The predicted molar refractivity (Wildman–Crippen MR) is 60.6 cm³/mol. The maximum Gasteiger partial charge on any atom is 0.0796 e. The number of aliphatic hydroxyl groups excluding tert-OH is 1. The molecule has 1 nitrogen and oxygen atoms in total. The van der Waals surface area contributed by atoms with Crippen LogP contribution in [0, 0.1) is 6.92 Å².